The maximum atomic E-state index is 10.1. The molecule has 0 aliphatic carbocycles. The van der Waals surface area contributed by atoms with Gasteiger partial charge in [0.1, 0.15) is 0 Å². The molecular formula is C6H6NdO3P+. The first-order valence-electron chi connectivity index (χ1n) is 2.68. The van der Waals surface area contributed by atoms with Crippen LogP contribution in [0.3, 0.4) is 0 Å². The van der Waals surface area contributed by atoms with E-state index in [1.807, 2.05) is 0 Å². The van der Waals surface area contributed by atoms with E-state index in [1.165, 1.54) is 0 Å². The van der Waals surface area contributed by atoms with Crippen molar-refractivity contribution in [2.24, 2.45) is 0 Å². The Balaban J connectivity index is 0.000001000. The van der Waals surface area contributed by atoms with Gasteiger partial charge in [-0.25, -0.2) is 4.52 Å². The molecule has 0 amide bonds. The number of rotatable bonds is 2. The van der Waals surface area contributed by atoms with Gasteiger partial charge in [-0.05, 0) is 12.1 Å². The maximum Gasteiger partial charge on any atom is 0.747 e. The van der Waals surface area contributed by atoms with Gasteiger partial charge in [-0.15, -0.1) is 4.89 Å². The van der Waals surface area contributed by atoms with Crippen LogP contribution in [0.15, 0.2) is 30.3 Å². The topological polar surface area (TPSA) is 46.5 Å². The number of hydrogen-bond acceptors (Lipinski definition) is 2. The first kappa shape index (κ1) is 11.4. The predicted octanol–water partition coefficient (Wildman–Crippen LogP) is 1.72. The standard InChI is InChI=1S/C6H5O3P.Nd/c7-10(8)9-6-4-2-1-3-5-6;/h1-5H;/p+1. The molecule has 0 aromatic heterocycles. The molecule has 1 unspecified atom stereocenters. The molecule has 1 rings (SSSR count). The van der Waals surface area contributed by atoms with Crippen LogP contribution in [0.2, 0.25) is 0 Å². The van der Waals surface area contributed by atoms with Gasteiger partial charge in [0.25, 0.3) is 0 Å². The van der Waals surface area contributed by atoms with Crippen LogP contribution < -0.4 is 4.52 Å². The maximum absolute atomic E-state index is 10.1. The summed E-state index contributed by atoms with van der Waals surface area (Å²) in [7, 11) is -2.53. The molecule has 1 atom stereocenters. The Morgan fingerprint density at radius 2 is 1.82 bits per heavy atom. The number of benzene rings is 1. The smallest absolute Gasteiger partial charge is 0.229 e. The number of para-hydroxylation sites is 1. The average Bonchev–Trinajstić information content (AvgIpc) is 1.88. The van der Waals surface area contributed by atoms with Crippen LogP contribution in [0.4, 0.5) is 0 Å². The summed E-state index contributed by atoms with van der Waals surface area (Å²) in [5, 5.41) is 0. The molecule has 56 valence electrons. The van der Waals surface area contributed by atoms with Gasteiger partial charge in [0.15, 0.2) is 5.75 Å². The summed E-state index contributed by atoms with van der Waals surface area (Å²) in [6, 6.07) is 8.49. The summed E-state index contributed by atoms with van der Waals surface area (Å²) >= 11 is 0. The largest absolute Gasteiger partial charge is 0.747 e. The van der Waals surface area contributed by atoms with Crippen LogP contribution in [0.25, 0.3) is 0 Å². The molecule has 0 aliphatic rings. The van der Waals surface area contributed by atoms with Crippen molar-refractivity contribution < 1.29 is 54.8 Å². The van der Waals surface area contributed by atoms with Crippen molar-refractivity contribution in [3.8, 4) is 5.75 Å². The molecule has 5 heteroatoms. The Hall–Kier alpha value is 0.431. The van der Waals surface area contributed by atoms with E-state index in [9.17, 15) is 4.57 Å². The molecule has 0 spiro atoms. The summed E-state index contributed by atoms with van der Waals surface area (Å²) in [5.74, 6) is 0.408. The Kier molecular flexibility index (Phi) is 6.24. The second kappa shape index (κ2) is 6.00. The summed E-state index contributed by atoms with van der Waals surface area (Å²) < 4.78 is 14.6. The molecule has 0 heterocycles. The molecule has 0 saturated heterocycles. The predicted molar refractivity (Wildman–Crippen MR) is 36.9 cm³/mol. The van der Waals surface area contributed by atoms with Crippen molar-refractivity contribution in [3.63, 3.8) is 0 Å². The zero-order chi connectivity index (χ0) is 7.40. The molecule has 0 aliphatic heterocycles. The third kappa shape index (κ3) is 4.80. The van der Waals surface area contributed by atoms with E-state index < -0.39 is 8.25 Å². The summed E-state index contributed by atoms with van der Waals surface area (Å²) in [5.41, 5.74) is 0. The van der Waals surface area contributed by atoms with E-state index in [0.29, 0.717) is 5.75 Å². The van der Waals surface area contributed by atoms with Crippen LogP contribution in [-0.4, -0.2) is 4.89 Å². The Bertz CT molecular complexity index is 227. The van der Waals surface area contributed by atoms with Gasteiger partial charge in [0.2, 0.25) is 0 Å². The van der Waals surface area contributed by atoms with Gasteiger partial charge < -0.3 is 0 Å². The van der Waals surface area contributed by atoms with Crippen molar-refractivity contribution in [3.05, 3.63) is 30.3 Å². The summed E-state index contributed by atoms with van der Waals surface area (Å²) in [6.45, 7) is 0. The van der Waals surface area contributed by atoms with Crippen LogP contribution >= 0.6 is 8.25 Å². The monoisotopic (exact) mass is 299 g/mol. The molecule has 1 aromatic carbocycles. The van der Waals surface area contributed by atoms with Crippen molar-refractivity contribution in [1.82, 2.24) is 0 Å². The average molecular weight is 301 g/mol. The first-order valence-corrected chi connectivity index (χ1v) is 3.81. The Labute approximate surface area is 98.2 Å². The molecule has 0 saturated carbocycles. The fourth-order valence-corrected chi connectivity index (χ4v) is 0.874. The van der Waals surface area contributed by atoms with Crippen molar-refractivity contribution in [1.29, 1.82) is 0 Å². The first-order chi connectivity index (χ1) is 4.79. The van der Waals surface area contributed by atoms with Crippen molar-refractivity contribution >= 4 is 8.25 Å². The van der Waals surface area contributed by atoms with E-state index in [-0.39, 0.29) is 40.8 Å². The SMILES string of the molecule is O=[P+](O)Oc1ccccc1.[Nd]. The van der Waals surface area contributed by atoms with E-state index in [0.717, 1.165) is 0 Å². The van der Waals surface area contributed by atoms with Gasteiger partial charge in [0.05, 0.1) is 0 Å². The van der Waals surface area contributed by atoms with E-state index in [1.54, 1.807) is 30.3 Å². The third-order valence-electron chi connectivity index (χ3n) is 0.927. The third-order valence-corrected chi connectivity index (χ3v) is 1.29. The fourth-order valence-electron chi connectivity index (χ4n) is 0.572. The molecule has 0 radical (unpaired) electrons. The van der Waals surface area contributed by atoms with Gasteiger partial charge in [-0.1, -0.05) is 18.2 Å². The van der Waals surface area contributed by atoms with Crippen LogP contribution in [0.5, 0.6) is 5.75 Å². The molecular weight excluding hydrogens is 295 g/mol. The zero-order valence-electron chi connectivity index (χ0n) is 5.60. The minimum atomic E-state index is -2.53. The normalized spacial score (nSPS) is 9.73. The van der Waals surface area contributed by atoms with E-state index >= 15 is 0 Å². The van der Waals surface area contributed by atoms with E-state index in [2.05, 4.69) is 4.52 Å². The zero-order valence-corrected chi connectivity index (χ0v) is 9.70. The molecule has 1 N–H and O–H groups in total. The van der Waals surface area contributed by atoms with Crippen LogP contribution in [-0.2, 0) is 4.57 Å². The Morgan fingerprint density at radius 3 is 2.27 bits per heavy atom. The molecule has 3 nitrogen and oxygen atoms in total. The molecule has 0 fully saturated rings. The van der Waals surface area contributed by atoms with Gasteiger partial charge in [-0.3, -0.25) is 0 Å². The van der Waals surface area contributed by atoms with Crippen LogP contribution in [0.1, 0.15) is 0 Å². The van der Waals surface area contributed by atoms with Crippen LogP contribution in [0, 0.1) is 40.8 Å². The Morgan fingerprint density at radius 1 is 1.27 bits per heavy atom. The molecule has 0 bridgehead atoms. The second-order valence-corrected chi connectivity index (χ2v) is 2.30. The molecule has 11 heavy (non-hydrogen) atoms. The van der Waals surface area contributed by atoms with Gasteiger partial charge >= 0.3 is 8.25 Å². The van der Waals surface area contributed by atoms with Gasteiger partial charge in [-0.2, -0.15) is 0 Å². The fraction of sp³-hybridized carbons (Fsp3) is 0. The van der Waals surface area contributed by atoms with Crippen molar-refractivity contribution in [2.75, 3.05) is 0 Å². The quantitative estimate of drug-likeness (QED) is 0.846. The molecule has 1 aromatic rings. The van der Waals surface area contributed by atoms with Gasteiger partial charge in [0, 0.05) is 45.4 Å². The van der Waals surface area contributed by atoms with Crippen molar-refractivity contribution in [2.45, 2.75) is 0 Å². The summed E-state index contributed by atoms with van der Waals surface area (Å²) in [6.07, 6.45) is 0. The minimum absolute atomic E-state index is 0. The second-order valence-electron chi connectivity index (χ2n) is 1.64. The minimum Gasteiger partial charge on any atom is -0.229 e. The number of hydrogen-bond donors (Lipinski definition) is 1. The summed E-state index contributed by atoms with van der Waals surface area (Å²) in [4.78, 5) is 8.29. The van der Waals surface area contributed by atoms with E-state index in [4.69, 9.17) is 4.89 Å².